The van der Waals surface area contributed by atoms with Crippen LogP contribution in [0.25, 0.3) is 16.8 Å². The predicted octanol–water partition coefficient (Wildman–Crippen LogP) is 2.12. The van der Waals surface area contributed by atoms with E-state index in [-0.39, 0.29) is 11.6 Å². The quantitative estimate of drug-likeness (QED) is 0.594. The van der Waals surface area contributed by atoms with E-state index in [1.165, 1.54) is 6.20 Å². The van der Waals surface area contributed by atoms with Crippen LogP contribution in [-0.4, -0.2) is 32.4 Å². The van der Waals surface area contributed by atoms with Gasteiger partial charge in [0.05, 0.1) is 35.7 Å². The van der Waals surface area contributed by atoms with E-state index in [0.717, 1.165) is 11.0 Å². The highest BCUT2D eigenvalue weighted by atomic mass is 16.5. The van der Waals surface area contributed by atoms with Crippen molar-refractivity contribution in [1.29, 1.82) is 0 Å². The molecule has 0 radical (unpaired) electrons. The van der Waals surface area contributed by atoms with Crippen LogP contribution < -0.4 is 15.8 Å². The number of nitrogens with two attached hydrogens (primary N) is 1. The summed E-state index contributed by atoms with van der Waals surface area (Å²) in [5, 5.41) is 2.72. The minimum atomic E-state index is -0.370. The fraction of sp³-hybridized carbons (Fsp3) is 0.0588. The zero-order valence-electron chi connectivity index (χ0n) is 13.3. The first kappa shape index (κ1) is 14.9. The van der Waals surface area contributed by atoms with Gasteiger partial charge in [0, 0.05) is 18.5 Å². The van der Waals surface area contributed by atoms with Gasteiger partial charge in [-0.3, -0.25) is 14.2 Å². The Balaban J connectivity index is 1.72. The summed E-state index contributed by atoms with van der Waals surface area (Å²) in [6.07, 6.45) is 4.78. The average Bonchev–Trinajstić information content (AvgIpc) is 3.00. The zero-order valence-corrected chi connectivity index (χ0v) is 13.3. The van der Waals surface area contributed by atoms with E-state index in [9.17, 15) is 4.79 Å². The van der Waals surface area contributed by atoms with Crippen molar-refractivity contribution in [3.05, 3.63) is 54.6 Å². The van der Waals surface area contributed by atoms with Crippen LogP contribution in [0.4, 0.5) is 11.4 Å². The normalized spacial score (nSPS) is 10.9. The molecule has 25 heavy (non-hydrogen) atoms. The molecule has 0 aliphatic rings. The molecular weight excluding hydrogens is 320 g/mol. The van der Waals surface area contributed by atoms with Crippen LogP contribution >= 0.6 is 0 Å². The van der Waals surface area contributed by atoms with E-state index < -0.39 is 0 Å². The number of ether oxygens (including phenoxy) is 1. The number of carbonyl (C=O) groups is 1. The van der Waals surface area contributed by atoms with Crippen LogP contribution in [0.15, 0.2) is 48.9 Å². The molecule has 3 heterocycles. The molecule has 0 saturated heterocycles. The minimum Gasteiger partial charge on any atom is -0.497 e. The summed E-state index contributed by atoms with van der Waals surface area (Å²) >= 11 is 0. The molecule has 0 unspecified atom stereocenters. The zero-order chi connectivity index (χ0) is 17.4. The summed E-state index contributed by atoms with van der Waals surface area (Å²) in [6, 6.07) is 8.82. The molecular formula is C17H14N6O2. The van der Waals surface area contributed by atoms with Gasteiger partial charge >= 0.3 is 0 Å². The molecule has 8 heteroatoms. The van der Waals surface area contributed by atoms with Gasteiger partial charge in [0.25, 0.3) is 5.91 Å². The summed E-state index contributed by atoms with van der Waals surface area (Å²) in [5.74, 6) is 0.769. The number of nitrogens with one attached hydrogen (secondary N) is 1. The van der Waals surface area contributed by atoms with Crippen molar-refractivity contribution < 1.29 is 9.53 Å². The summed E-state index contributed by atoms with van der Waals surface area (Å²) in [4.78, 5) is 25.1. The number of imidazole rings is 1. The monoisotopic (exact) mass is 334 g/mol. The second-order valence-electron chi connectivity index (χ2n) is 5.37. The maximum atomic E-state index is 12.4. The SMILES string of the molecule is COc1ccc2c(c1)nc1nc(C(=O)Nc3ccncc3N)ccn12. The van der Waals surface area contributed by atoms with Crippen molar-refractivity contribution in [3.8, 4) is 5.75 Å². The largest absolute Gasteiger partial charge is 0.497 e. The van der Waals surface area contributed by atoms with Crippen LogP contribution in [-0.2, 0) is 0 Å². The van der Waals surface area contributed by atoms with Crippen LogP contribution in [0.1, 0.15) is 10.5 Å². The Morgan fingerprint density at radius 2 is 2.12 bits per heavy atom. The van der Waals surface area contributed by atoms with Crippen molar-refractivity contribution in [2.45, 2.75) is 0 Å². The third-order valence-corrected chi connectivity index (χ3v) is 3.81. The van der Waals surface area contributed by atoms with Gasteiger partial charge in [-0.05, 0) is 24.3 Å². The van der Waals surface area contributed by atoms with Crippen molar-refractivity contribution in [1.82, 2.24) is 19.4 Å². The maximum Gasteiger partial charge on any atom is 0.274 e. The third kappa shape index (κ3) is 2.59. The standard InChI is InChI=1S/C17H14N6O2/c1-25-10-2-3-15-14(8-10)22-17-21-13(5-7-23(15)17)16(24)20-12-4-6-19-9-11(12)18/h2-9H,18H2,1H3,(H,19,20,24). The molecule has 0 aliphatic carbocycles. The molecule has 0 spiro atoms. The number of nitrogens with zero attached hydrogens (tertiary/aromatic N) is 4. The fourth-order valence-corrected chi connectivity index (χ4v) is 2.54. The van der Waals surface area contributed by atoms with E-state index in [2.05, 4.69) is 20.3 Å². The molecule has 4 rings (SSSR count). The Morgan fingerprint density at radius 1 is 1.24 bits per heavy atom. The van der Waals surface area contributed by atoms with Gasteiger partial charge < -0.3 is 15.8 Å². The Morgan fingerprint density at radius 3 is 2.92 bits per heavy atom. The Bertz CT molecular complexity index is 1100. The van der Waals surface area contributed by atoms with Gasteiger partial charge in [-0.15, -0.1) is 0 Å². The number of hydrogen-bond donors (Lipinski definition) is 2. The lowest BCUT2D eigenvalue weighted by molar-refractivity contribution is 0.102. The topological polar surface area (TPSA) is 107 Å². The van der Waals surface area contributed by atoms with E-state index in [1.54, 1.807) is 31.6 Å². The molecule has 1 aromatic carbocycles. The van der Waals surface area contributed by atoms with E-state index in [0.29, 0.717) is 22.9 Å². The van der Waals surface area contributed by atoms with Gasteiger partial charge in [0.15, 0.2) is 0 Å². The number of anilines is 2. The third-order valence-electron chi connectivity index (χ3n) is 3.81. The van der Waals surface area contributed by atoms with E-state index in [4.69, 9.17) is 10.5 Å². The van der Waals surface area contributed by atoms with Gasteiger partial charge in [0.1, 0.15) is 11.4 Å². The molecule has 0 aliphatic heterocycles. The molecule has 3 N–H and O–H groups in total. The van der Waals surface area contributed by atoms with Gasteiger partial charge in [0.2, 0.25) is 5.78 Å². The highest BCUT2D eigenvalue weighted by molar-refractivity contribution is 6.04. The predicted molar refractivity (Wildman–Crippen MR) is 93.6 cm³/mol. The lowest BCUT2D eigenvalue weighted by Crippen LogP contribution is -2.15. The second kappa shape index (κ2) is 5.75. The molecule has 0 saturated carbocycles. The first-order valence-corrected chi connectivity index (χ1v) is 7.49. The Kier molecular flexibility index (Phi) is 3.42. The molecule has 0 fully saturated rings. The molecule has 8 nitrogen and oxygen atoms in total. The van der Waals surface area contributed by atoms with Crippen molar-refractivity contribution in [3.63, 3.8) is 0 Å². The molecule has 3 aromatic heterocycles. The number of rotatable bonds is 3. The van der Waals surface area contributed by atoms with Crippen molar-refractivity contribution in [2.24, 2.45) is 0 Å². The number of fused-ring (bicyclic) bond motifs is 3. The second-order valence-corrected chi connectivity index (χ2v) is 5.37. The van der Waals surface area contributed by atoms with Crippen LogP contribution in [0, 0.1) is 0 Å². The molecule has 0 bridgehead atoms. The number of carbonyl (C=O) groups excluding carboxylic acids is 1. The van der Waals surface area contributed by atoms with Gasteiger partial charge in [-0.2, -0.15) is 0 Å². The number of pyridine rings is 1. The fourth-order valence-electron chi connectivity index (χ4n) is 2.54. The maximum absolute atomic E-state index is 12.4. The summed E-state index contributed by atoms with van der Waals surface area (Å²) in [6.45, 7) is 0. The van der Waals surface area contributed by atoms with Gasteiger partial charge in [-0.25, -0.2) is 9.97 Å². The molecule has 1 amide bonds. The van der Waals surface area contributed by atoms with Crippen LogP contribution in [0.3, 0.4) is 0 Å². The highest BCUT2D eigenvalue weighted by Gasteiger charge is 2.13. The highest BCUT2D eigenvalue weighted by Crippen LogP contribution is 2.21. The molecule has 124 valence electrons. The number of amides is 1. The van der Waals surface area contributed by atoms with Gasteiger partial charge in [-0.1, -0.05) is 0 Å². The Labute approximate surface area is 142 Å². The number of hydrogen-bond acceptors (Lipinski definition) is 6. The summed E-state index contributed by atoms with van der Waals surface area (Å²) in [7, 11) is 1.60. The van der Waals surface area contributed by atoms with Crippen molar-refractivity contribution in [2.75, 3.05) is 18.2 Å². The lowest BCUT2D eigenvalue weighted by atomic mass is 10.3. The van der Waals surface area contributed by atoms with E-state index in [1.807, 2.05) is 22.6 Å². The lowest BCUT2D eigenvalue weighted by Gasteiger charge is -2.07. The molecule has 4 aromatic rings. The number of aromatic nitrogens is 4. The summed E-state index contributed by atoms with van der Waals surface area (Å²) in [5.41, 5.74) is 8.52. The number of methoxy groups -OCH3 is 1. The minimum absolute atomic E-state index is 0.242. The molecule has 0 atom stereocenters. The first-order valence-electron chi connectivity index (χ1n) is 7.49. The number of benzene rings is 1. The number of nitrogen functional groups attached to an aromatic ring is 1. The van der Waals surface area contributed by atoms with Crippen molar-refractivity contribution >= 4 is 34.1 Å². The van der Waals surface area contributed by atoms with Crippen LogP contribution in [0.5, 0.6) is 5.75 Å². The Hall–Kier alpha value is -3.68. The van der Waals surface area contributed by atoms with E-state index >= 15 is 0 Å². The summed E-state index contributed by atoms with van der Waals surface area (Å²) < 4.78 is 7.02. The first-order chi connectivity index (χ1) is 12.2. The average molecular weight is 334 g/mol. The van der Waals surface area contributed by atoms with Crippen LogP contribution in [0.2, 0.25) is 0 Å². The smallest absolute Gasteiger partial charge is 0.274 e.